The van der Waals surface area contributed by atoms with Crippen molar-refractivity contribution in [2.45, 2.75) is 6.18 Å². The largest absolute Gasteiger partial charge is 0.490 e. The molecule has 6 rings (SSSR count). The zero-order valence-electron chi connectivity index (χ0n) is 21.7. The Morgan fingerprint density at radius 3 is 2.44 bits per heavy atom. The molecule has 212 valence electrons. The van der Waals surface area contributed by atoms with Gasteiger partial charge in [-0.3, -0.25) is 4.68 Å². The van der Waals surface area contributed by atoms with Gasteiger partial charge in [-0.1, -0.05) is 12.1 Å². The SMILES string of the molecule is Cn1cc(-c2cccc3nc(Nc4ccc(-n5cnc(N6CCOCC6)n5)cc4)ncc23)cn1.O=C(O)C(F)(F)F. The Balaban J connectivity index is 0.000000431. The van der Waals surface area contributed by atoms with Crippen LogP contribution in [0.25, 0.3) is 27.7 Å². The average molecular weight is 568 g/mol. The number of aromatic nitrogens is 7. The van der Waals surface area contributed by atoms with Crippen LogP contribution in [0.2, 0.25) is 0 Å². The molecule has 1 aliphatic heterocycles. The normalized spacial score (nSPS) is 13.5. The van der Waals surface area contributed by atoms with Gasteiger partial charge in [0.2, 0.25) is 11.9 Å². The molecule has 12 nitrogen and oxygen atoms in total. The molecule has 0 saturated carbocycles. The van der Waals surface area contributed by atoms with Crippen LogP contribution in [0.5, 0.6) is 0 Å². The quantitative estimate of drug-likeness (QED) is 0.323. The lowest BCUT2D eigenvalue weighted by Gasteiger charge is -2.25. The molecule has 1 saturated heterocycles. The molecule has 3 aromatic heterocycles. The number of nitrogens with zero attached hydrogens (tertiary/aromatic N) is 8. The summed E-state index contributed by atoms with van der Waals surface area (Å²) in [6.07, 6.45) is 2.34. The third-order valence-corrected chi connectivity index (χ3v) is 6.05. The fourth-order valence-corrected chi connectivity index (χ4v) is 4.04. The minimum Gasteiger partial charge on any atom is -0.475 e. The Morgan fingerprint density at radius 1 is 1.05 bits per heavy atom. The number of alkyl halides is 3. The van der Waals surface area contributed by atoms with Gasteiger partial charge in [-0.15, -0.1) is 5.10 Å². The van der Waals surface area contributed by atoms with E-state index in [0.717, 1.165) is 52.4 Å². The van der Waals surface area contributed by atoms with Crippen LogP contribution in [0.1, 0.15) is 0 Å². The van der Waals surface area contributed by atoms with Gasteiger partial charge in [0.05, 0.1) is 30.6 Å². The predicted molar refractivity (Wildman–Crippen MR) is 143 cm³/mol. The van der Waals surface area contributed by atoms with Crippen molar-refractivity contribution in [3.8, 4) is 16.8 Å². The molecule has 1 fully saturated rings. The van der Waals surface area contributed by atoms with Crippen molar-refractivity contribution in [1.29, 1.82) is 0 Å². The van der Waals surface area contributed by atoms with Crippen molar-refractivity contribution >= 4 is 34.5 Å². The summed E-state index contributed by atoms with van der Waals surface area (Å²) in [6, 6.07) is 14.0. The summed E-state index contributed by atoms with van der Waals surface area (Å²) >= 11 is 0. The molecule has 0 radical (unpaired) electrons. The zero-order chi connectivity index (χ0) is 29.0. The number of rotatable bonds is 5. The maximum Gasteiger partial charge on any atom is 0.490 e. The van der Waals surface area contributed by atoms with Gasteiger partial charge in [0, 0.05) is 49.2 Å². The first-order chi connectivity index (χ1) is 19.7. The van der Waals surface area contributed by atoms with E-state index in [1.54, 1.807) is 15.7 Å². The molecule has 2 N–H and O–H groups in total. The topological polar surface area (TPSA) is 136 Å². The lowest BCUT2D eigenvalue weighted by molar-refractivity contribution is -0.192. The molecule has 0 bridgehead atoms. The number of morpholine rings is 1. The second-order valence-corrected chi connectivity index (χ2v) is 8.90. The van der Waals surface area contributed by atoms with Crippen LogP contribution >= 0.6 is 0 Å². The number of carboxylic acids is 1. The van der Waals surface area contributed by atoms with Gasteiger partial charge in [0.1, 0.15) is 6.33 Å². The number of anilines is 3. The number of ether oxygens (including phenoxy) is 1. The molecule has 0 aliphatic carbocycles. The summed E-state index contributed by atoms with van der Waals surface area (Å²) in [5.41, 5.74) is 4.79. The fraction of sp³-hybridized carbons (Fsp3) is 0.231. The van der Waals surface area contributed by atoms with Gasteiger partial charge in [-0.25, -0.2) is 19.4 Å². The Hall–Kier alpha value is -5.05. The van der Waals surface area contributed by atoms with Gasteiger partial charge >= 0.3 is 12.1 Å². The number of hydrogen-bond acceptors (Lipinski definition) is 9. The van der Waals surface area contributed by atoms with Gasteiger partial charge in [0.25, 0.3) is 0 Å². The van der Waals surface area contributed by atoms with Crippen LogP contribution in [0.15, 0.2) is 67.4 Å². The minimum atomic E-state index is -5.08. The van der Waals surface area contributed by atoms with Gasteiger partial charge < -0.3 is 20.1 Å². The van der Waals surface area contributed by atoms with E-state index in [2.05, 4.69) is 36.4 Å². The predicted octanol–water partition coefficient (Wildman–Crippen LogP) is 3.82. The van der Waals surface area contributed by atoms with Crippen LogP contribution in [0.3, 0.4) is 0 Å². The van der Waals surface area contributed by atoms with Crippen molar-refractivity contribution in [2.75, 3.05) is 36.5 Å². The Kier molecular flexibility index (Phi) is 7.78. The summed E-state index contributed by atoms with van der Waals surface area (Å²) in [7, 11) is 1.91. The molecule has 0 amide bonds. The minimum absolute atomic E-state index is 0.541. The number of carboxylic acid groups (broad SMARTS) is 1. The van der Waals surface area contributed by atoms with Crippen molar-refractivity contribution in [2.24, 2.45) is 7.05 Å². The summed E-state index contributed by atoms with van der Waals surface area (Å²) in [6.45, 7) is 3.03. The van der Waals surface area contributed by atoms with E-state index in [1.807, 2.05) is 62.0 Å². The fourth-order valence-electron chi connectivity index (χ4n) is 4.04. The number of nitrogens with one attached hydrogen (secondary N) is 1. The second-order valence-electron chi connectivity index (χ2n) is 8.90. The van der Waals surface area contributed by atoms with E-state index in [-0.39, 0.29) is 0 Å². The molecule has 5 aromatic rings. The first kappa shape index (κ1) is 27.5. The summed E-state index contributed by atoms with van der Waals surface area (Å²) in [4.78, 5) is 24.7. The lowest BCUT2D eigenvalue weighted by Crippen LogP contribution is -2.37. The standard InChI is InChI=1S/C24H23N9O.C2HF3O2/c1-31-15-17(13-27-31)20-3-2-4-22-21(20)14-25-23(29-22)28-18-5-7-19(8-6-18)33-16-26-24(30-33)32-9-11-34-12-10-32;3-2(4,5)1(6)7/h2-8,13-16H,9-12H2,1H3,(H,25,28,29);(H,6,7). The van der Waals surface area contributed by atoms with Gasteiger partial charge in [0.15, 0.2) is 0 Å². The molecule has 1 aliphatic rings. The first-order valence-electron chi connectivity index (χ1n) is 12.3. The first-order valence-corrected chi connectivity index (χ1v) is 12.3. The summed E-state index contributed by atoms with van der Waals surface area (Å²) in [5.74, 6) is -1.49. The van der Waals surface area contributed by atoms with E-state index in [1.165, 1.54) is 0 Å². The molecule has 41 heavy (non-hydrogen) atoms. The molecule has 4 heterocycles. The Labute approximate surface area is 231 Å². The highest BCUT2D eigenvalue weighted by Crippen LogP contribution is 2.28. The van der Waals surface area contributed by atoms with Crippen molar-refractivity contribution < 1.29 is 27.8 Å². The highest BCUT2D eigenvalue weighted by Gasteiger charge is 2.38. The van der Waals surface area contributed by atoms with E-state index < -0.39 is 12.1 Å². The third kappa shape index (κ3) is 6.58. The monoisotopic (exact) mass is 567 g/mol. The average Bonchev–Trinajstić information content (AvgIpc) is 3.63. The van der Waals surface area contributed by atoms with E-state index in [0.29, 0.717) is 19.2 Å². The molecule has 15 heteroatoms. The number of benzene rings is 2. The Morgan fingerprint density at radius 2 is 1.78 bits per heavy atom. The van der Waals surface area contributed by atoms with Crippen molar-refractivity contribution in [3.05, 3.63) is 67.4 Å². The Bertz CT molecular complexity index is 1650. The van der Waals surface area contributed by atoms with Gasteiger partial charge in [-0.2, -0.15) is 23.3 Å². The summed E-state index contributed by atoms with van der Waals surface area (Å²) in [5, 5.41) is 20.3. The number of carbonyl (C=O) groups is 1. The van der Waals surface area contributed by atoms with Crippen LogP contribution in [0, 0.1) is 0 Å². The third-order valence-electron chi connectivity index (χ3n) is 6.05. The number of aryl methyl sites for hydroxylation is 1. The van der Waals surface area contributed by atoms with Crippen LogP contribution in [0.4, 0.5) is 30.8 Å². The smallest absolute Gasteiger partial charge is 0.475 e. The lowest BCUT2D eigenvalue weighted by atomic mass is 10.1. The maximum absolute atomic E-state index is 10.6. The molecular formula is C26H24F3N9O3. The molecular weight excluding hydrogens is 543 g/mol. The van der Waals surface area contributed by atoms with Crippen LogP contribution < -0.4 is 10.2 Å². The number of halogens is 3. The molecule has 2 aromatic carbocycles. The highest BCUT2D eigenvalue weighted by molar-refractivity contribution is 5.94. The van der Waals surface area contributed by atoms with Crippen LogP contribution in [-0.4, -0.2) is 78.1 Å². The van der Waals surface area contributed by atoms with E-state index in [9.17, 15) is 13.2 Å². The zero-order valence-corrected chi connectivity index (χ0v) is 21.7. The second kappa shape index (κ2) is 11.6. The van der Waals surface area contributed by atoms with Gasteiger partial charge in [-0.05, 0) is 35.9 Å². The van der Waals surface area contributed by atoms with Crippen molar-refractivity contribution in [1.82, 2.24) is 34.5 Å². The van der Waals surface area contributed by atoms with E-state index in [4.69, 9.17) is 19.6 Å². The highest BCUT2D eigenvalue weighted by atomic mass is 19.4. The maximum atomic E-state index is 10.6. The molecule has 0 atom stereocenters. The van der Waals surface area contributed by atoms with E-state index >= 15 is 0 Å². The van der Waals surface area contributed by atoms with Crippen LogP contribution in [-0.2, 0) is 16.6 Å². The summed E-state index contributed by atoms with van der Waals surface area (Å²) < 4.78 is 40.7. The van der Waals surface area contributed by atoms with Crippen molar-refractivity contribution in [3.63, 3.8) is 0 Å². The number of fused-ring (bicyclic) bond motifs is 1. The number of aliphatic carboxylic acids is 1. The molecule has 0 unspecified atom stereocenters. The number of hydrogen-bond donors (Lipinski definition) is 2. The molecule has 0 spiro atoms.